The molecular weight excluding hydrogens is 339 g/mol. The van der Waals surface area contributed by atoms with Crippen molar-refractivity contribution in [2.75, 3.05) is 6.16 Å². The Bertz CT molecular complexity index is 648. The number of unbranched alkanes of at least 4 members (excludes halogenated alkanes) is 1. The molecule has 1 aliphatic rings. The monoisotopic (exact) mass is 376 g/mol. The first-order valence-corrected chi connectivity index (χ1v) is 12.5. The van der Waals surface area contributed by atoms with Crippen LogP contribution >= 0.6 is 7.14 Å². The van der Waals surface area contributed by atoms with E-state index in [0.29, 0.717) is 12.1 Å². The van der Waals surface area contributed by atoms with E-state index in [-0.39, 0.29) is 11.2 Å². The quantitative estimate of drug-likeness (QED) is 0.425. The van der Waals surface area contributed by atoms with Gasteiger partial charge < -0.3 is 4.57 Å². The van der Waals surface area contributed by atoms with Crippen molar-refractivity contribution in [3.05, 3.63) is 34.4 Å². The van der Waals surface area contributed by atoms with Gasteiger partial charge in [0.05, 0.1) is 0 Å². The molecule has 1 aromatic rings. The van der Waals surface area contributed by atoms with E-state index in [0.717, 1.165) is 61.6 Å². The van der Waals surface area contributed by atoms with Crippen LogP contribution in [0.2, 0.25) is 0 Å². The van der Waals surface area contributed by atoms with Crippen LogP contribution in [0.1, 0.15) is 92.3 Å². The van der Waals surface area contributed by atoms with Crippen molar-refractivity contribution in [2.24, 2.45) is 5.92 Å². The van der Waals surface area contributed by atoms with Gasteiger partial charge in [0.2, 0.25) is 5.52 Å². The predicted molar refractivity (Wildman–Crippen MR) is 113 cm³/mol. The van der Waals surface area contributed by atoms with E-state index in [1.807, 2.05) is 13.8 Å². The minimum atomic E-state index is -2.90. The number of benzene rings is 1. The summed E-state index contributed by atoms with van der Waals surface area (Å²) in [6.07, 6.45) is 9.26. The van der Waals surface area contributed by atoms with Crippen LogP contribution in [-0.4, -0.2) is 17.3 Å². The SMILES string of the molecule is CCCCC(CC)CP(=O)(C(=O)c1c(C)cc(C)cc1C)C1CCCC1. The highest BCUT2D eigenvalue weighted by atomic mass is 31.2. The Kier molecular flexibility index (Phi) is 7.71. The summed E-state index contributed by atoms with van der Waals surface area (Å²) in [6.45, 7) is 10.4. The zero-order valence-electron chi connectivity index (χ0n) is 17.4. The van der Waals surface area contributed by atoms with Gasteiger partial charge in [-0.05, 0) is 50.7 Å². The third-order valence-corrected chi connectivity index (χ3v) is 9.89. The summed E-state index contributed by atoms with van der Waals surface area (Å²) in [5, 5.41) is 0. The normalized spacial score (nSPS) is 18.7. The van der Waals surface area contributed by atoms with Gasteiger partial charge in [-0.15, -0.1) is 0 Å². The van der Waals surface area contributed by atoms with Crippen molar-refractivity contribution in [1.29, 1.82) is 0 Å². The van der Waals surface area contributed by atoms with Crippen LogP contribution in [-0.2, 0) is 4.57 Å². The molecule has 0 radical (unpaired) electrons. The van der Waals surface area contributed by atoms with Crippen molar-refractivity contribution in [3.8, 4) is 0 Å². The summed E-state index contributed by atoms with van der Waals surface area (Å²) in [5.41, 5.74) is 4.00. The van der Waals surface area contributed by atoms with E-state index < -0.39 is 7.14 Å². The molecule has 1 fully saturated rings. The molecule has 0 heterocycles. The molecule has 2 atom stereocenters. The Labute approximate surface area is 160 Å². The first-order valence-electron chi connectivity index (χ1n) is 10.5. The van der Waals surface area contributed by atoms with E-state index in [4.69, 9.17) is 0 Å². The van der Waals surface area contributed by atoms with Crippen molar-refractivity contribution < 1.29 is 9.36 Å². The van der Waals surface area contributed by atoms with Crippen molar-refractivity contribution >= 4 is 12.7 Å². The second-order valence-electron chi connectivity index (χ2n) is 8.41. The van der Waals surface area contributed by atoms with E-state index in [9.17, 15) is 9.36 Å². The third kappa shape index (κ3) is 4.69. The first-order chi connectivity index (χ1) is 12.3. The summed E-state index contributed by atoms with van der Waals surface area (Å²) in [4.78, 5) is 13.7. The van der Waals surface area contributed by atoms with Crippen molar-refractivity contribution in [1.82, 2.24) is 0 Å². The predicted octanol–water partition coefficient (Wildman–Crippen LogP) is 7.27. The highest BCUT2D eigenvalue weighted by Gasteiger charge is 2.43. The number of carbonyl (C=O) groups is 1. The zero-order chi connectivity index (χ0) is 19.3. The molecule has 146 valence electrons. The Hall–Kier alpha value is -0.880. The number of aryl methyl sites for hydroxylation is 3. The number of hydrogen-bond acceptors (Lipinski definition) is 2. The molecule has 0 spiro atoms. The van der Waals surface area contributed by atoms with Gasteiger partial charge in [-0.25, -0.2) is 0 Å². The molecule has 0 N–H and O–H groups in total. The van der Waals surface area contributed by atoms with Gasteiger partial charge in [-0.1, -0.05) is 70.1 Å². The molecule has 0 amide bonds. The van der Waals surface area contributed by atoms with Crippen LogP contribution in [0.5, 0.6) is 0 Å². The van der Waals surface area contributed by atoms with Gasteiger partial charge in [0.15, 0.2) is 7.14 Å². The summed E-state index contributed by atoms with van der Waals surface area (Å²) in [6, 6.07) is 4.13. The molecule has 0 aliphatic heterocycles. The number of rotatable bonds is 9. The van der Waals surface area contributed by atoms with Crippen molar-refractivity contribution in [3.63, 3.8) is 0 Å². The highest BCUT2D eigenvalue weighted by molar-refractivity contribution is 7.81. The van der Waals surface area contributed by atoms with Gasteiger partial charge in [-0.2, -0.15) is 0 Å². The average molecular weight is 377 g/mol. The van der Waals surface area contributed by atoms with E-state index in [2.05, 4.69) is 32.9 Å². The third-order valence-electron chi connectivity index (χ3n) is 6.22. The maximum absolute atomic E-state index is 14.3. The molecule has 1 saturated carbocycles. The van der Waals surface area contributed by atoms with E-state index >= 15 is 0 Å². The molecule has 0 saturated heterocycles. The van der Waals surface area contributed by atoms with Gasteiger partial charge in [0.25, 0.3) is 0 Å². The van der Waals surface area contributed by atoms with Gasteiger partial charge in [-0.3, -0.25) is 4.79 Å². The Balaban J connectivity index is 2.41. The van der Waals surface area contributed by atoms with Crippen LogP contribution in [0, 0.1) is 26.7 Å². The molecular formula is C23H37O2P. The largest absolute Gasteiger partial charge is 0.315 e. The lowest BCUT2D eigenvalue weighted by Gasteiger charge is -2.28. The topological polar surface area (TPSA) is 34.1 Å². The number of hydrogen-bond donors (Lipinski definition) is 0. The average Bonchev–Trinajstić information content (AvgIpc) is 3.12. The summed E-state index contributed by atoms with van der Waals surface area (Å²) >= 11 is 0. The van der Waals surface area contributed by atoms with Gasteiger partial charge >= 0.3 is 0 Å². The maximum atomic E-state index is 14.3. The Morgan fingerprint density at radius 3 is 2.19 bits per heavy atom. The summed E-state index contributed by atoms with van der Waals surface area (Å²) in [7, 11) is -2.90. The van der Waals surface area contributed by atoms with Gasteiger partial charge in [0.1, 0.15) is 0 Å². The van der Waals surface area contributed by atoms with Crippen molar-refractivity contribution in [2.45, 2.75) is 91.6 Å². The smallest absolute Gasteiger partial charge is 0.222 e. The molecule has 0 aromatic heterocycles. The Morgan fingerprint density at radius 2 is 1.69 bits per heavy atom. The standard InChI is InChI=1S/C23H37O2P/c1-6-8-11-20(7-2)16-26(25,21-12-9-10-13-21)23(24)22-18(4)14-17(3)15-19(22)5/h14-15,20-21H,6-13,16H2,1-5H3. The maximum Gasteiger partial charge on any atom is 0.222 e. The zero-order valence-corrected chi connectivity index (χ0v) is 18.3. The van der Waals surface area contributed by atoms with Crippen LogP contribution < -0.4 is 0 Å². The molecule has 2 unspecified atom stereocenters. The highest BCUT2D eigenvalue weighted by Crippen LogP contribution is 2.60. The second kappa shape index (κ2) is 9.36. The second-order valence-corrected chi connectivity index (χ2v) is 11.5. The molecule has 1 aliphatic carbocycles. The minimum Gasteiger partial charge on any atom is -0.315 e. The molecule has 3 heteroatoms. The van der Waals surface area contributed by atoms with E-state index in [1.54, 1.807) is 0 Å². The van der Waals surface area contributed by atoms with E-state index in [1.165, 1.54) is 12.0 Å². The first kappa shape index (κ1) is 21.4. The van der Waals surface area contributed by atoms with Crippen LogP contribution in [0.4, 0.5) is 0 Å². The fraction of sp³-hybridized carbons (Fsp3) is 0.696. The minimum absolute atomic E-state index is 0.0191. The lowest BCUT2D eigenvalue weighted by Crippen LogP contribution is -2.21. The molecule has 2 rings (SSSR count). The molecule has 26 heavy (non-hydrogen) atoms. The molecule has 2 nitrogen and oxygen atoms in total. The fourth-order valence-electron chi connectivity index (χ4n) is 4.73. The summed E-state index contributed by atoms with van der Waals surface area (Å²) in [5.74, 6) is 0.413. The van der Waals surface area contributed by atoms with Crippen LogP contribution in [0.15, 0.2) is 12.1 Å². The Morgan fingerprint density at radius 1 is 1.12 bits per heavy atom. The lowest BCUT2D eigenvalue weighted by atomic mass is 10.0. The fourth-order valence-corrected chi connectivity index (χ4v) is 8.66. The van der Waals surface area contributed by atoms with Crippen LogP contribution in [0.25, 0.3) is 0 Å². The number of carbonyl (C=O) groups excluding carboxylic acids is 1. The molecule has 0 bridgehead atoms. The van der Waals surface area contributed by atoms with Crippen LogP contribution in [0.3, 0.4) is 0 Å². The summed E-state index contributed by atoms with van der Waals surface area (Å²) < 4.78 is 14.3. The molecule has 1 aromatic carbocycles. The van der Waals surface area contributed by atoms with Gasteiger partial charge in [0, 0.05) is 17.4 Å². The lowest BCUT2D eigenvalue weighted by molar-refractivity contribution is 0.107.